The Kier molecular flexibility index (Phi) is 5.27. The normalized spacial score (nSPS) is 17.9. The molecular formula is C21H23BrN4O. The first-order valence-electron chi connectivity index (χ1n) is 9.29. The van der Waals surface area contributed by atoms with Gasteiger partial charge in [-0.2, -0.15) is 0 Å². The van der Waals surface area contributed by atoms with Gasteiger partial charge in [0.2, 0.25) is 5.91 Å². The molecule has 0 spiro atoms. The van der Waals surface area contributed by atoms with Crippen LogP contribution in [-0.4, -0.2) is 33.4 Å². The van der Waals surface area contributed by atoms with E-state index in [4.69, 9.17) is 4.98 Å². The van der Waals surface area contributed by atoms with Gasteiger partial charge in [0.05, 0.1) is 23.5 Å². The number of aryl methyl sites for hydroxylation is 1. The van der Waals surface area contributed by atoms with Crippen molar-refractivity contribution in [3.05, 3.63) is 58.8 Å². The summed E-state index contributed by atoms with van der Waals surface area (Å²) >= 11 is 3.42. The number of halogens is 1. The third-order valence-corrected chi connectivity index (χ3v) is 5.76. The van der Waals surface area contributed by atoms with E-state index in [0.29, 0.717) is 0 Å². The minimum Gasteiger partial charge on any atom is -0.330 e. The molecular weight excluding hydrogens is 404 g/mol. The SMILES string of the molecule is Cn1c(CN2CCC[C@H](C(=O)Nc3ccc(Br)cc3)C2)nc2ccccc21. The van der Waals surface area contributed by atoms with Gasteiger partial charge in [0.15, 0.2) is 0 Å². The van der Waals surface area contributed by atoms with Crippen LogP contribution in [0.5, 0.6) is 0 Å². The number of piperidine rings is 1. The molecule has 6 heteroatoms. The van der Waals surface area contributed by atoms with E-state index in [1.165, 1.54) is 0 Å². The molecule has 4 rings (SSSR count). The third kappa shape index (κ3) is 4.06. The number of carbonyl (C=O) groups is 1. The second kappa shape index (κ2) is 7.82. The number of imidazole rings is 1. The van der Waals surface area contributed by atoms with Gasteiger partial charge in [-0.1, -0.05) is 28.1 Å². The number of fused-ring (bicyclic) bond motifs is 1. The van der Waals surface area contributed by atoms with Gasteiger partial charge in [-0.3, -0.25) is 9.69 Å². The van der Waals surface area contributed by atoms with Gasteiger partial charge < -0.3 is 9.88 Å². The predicted molar refractivity (Wildman–Crippen MR) is 111 cm³/mol. The van der Waals surface area contributed by atoms with Crippen molar-refractivity contribution in [3.63, 3.8) is 0 Å². The summed E-state index contributed by atoms with van der Waals surface area (Å²) in [5, 5.41) is 3.05. The van der Waals surface area contributed by atoms with Gasteiger partial charge in [-0.15, -0.1) is 0 Å². The molecule has 2 aromatic carbocycles. The fraction of sp³-hybridized carbons (Fsp3) is 0.333. The van der Waals surface area contributed by atoms with Crippen molar-refractivity contribution in [3.8, 4) is 0 Å². The van der Waals surface area contributed by atoms with Crippen molar-refractivity contribution in [2.45, 2.75) is 19.4 Å². The van der Waals surface area contributed by atoms with Gasteiger partial charge in [0, 0.05) is 23.8 Å². The van der Waals surface area contributed by atoms with Crippen molar-refractivity contribution >= 4 is 38.6 Å². The number of amides is 1. The van der Waals surface area contributed by atoms with Crippen LogP contribution in [0.25, 0.3) is 11.0 Å². The summed E-state index contributed by atoms with van der Waals surface area (Å²) in [4.78, 5) is 19.8. The molecule has 1 N–H and O–H groups in total. The molecule has 5 nitrogen and oxygen atoms in total. The Hall–Kier alpha value is -2.18. The first kappa shape index (κ1) is 18.2. The summed E-state index contributed by atoms with van der Waals surface area (Å²) in [6, 6.07) is 15.9. The van der Waals surface area contributed by atoms with Gasteiger partial charge in [-0.25, -0.2) is 4.98 Å². The topological polar surface area (TPSA) is 50.2 Å². The number of hydrogen-bond acceptors (Lipinski definition) is 3. The highest BCUT2D eigenvalue weighted by atomic mass is 79.9. The van der Waals surface area contributed by atoms with E-state index in [9.17, 15) is 4.79 Å². The number of nitrogens with zero attached hydrogens (tertiary/aromatic N) is 3. The van der Waals surface area contributed by atoms with E-state index in [2.05, 4.69) is 43.8 Å². The number of rotatable bonds is 4. The Labute approximate surface area is 167 Å². The maximum absolute atomic E-state index is 12.7. The average Bonchev–Trinajstić information content (AvgIpc) is 3.00. The fourth-order valence-corrected chi connectivity index (χ4v) is 3.99. The first-order valence-corrected chi connectivity index (χ1v) is 10.1. The largest absolute Gasteiger partial charge is 0.330 e. The van der Waals surface area contributed by atoms with E-state index in [0.717, 1.165) is 59.5 Å². The summed E-state index contributed by atoms with van der Waals surface area (Å²) in [6.07, 6.45) is 1.96. The van der Waals surface area contributed by atoms with E-state index in [1.54, 1.807) is 0 Å². The smallest absolute Gasteiger partial charge is 0.228 e. The second-order valence-electron chi connectivity index (χ2n) is 7.15. The van der Waals surface area contributed by atoms with Crippen LogP contribution in [0.4, 0.5) is 5.69 Å². The molecule has 27 heavy (non-hydrogen) atoms. The van der Waals surface area contributed by atoms with E-state index >= 15 is 0 Å². The molecule has 140 valence electrons. The highest BCUT2D eigenvalue weighted by Gasteiger charge is 2.26. The number of nitrogens with one attached hydrogen (secondary N) is 1. The lowest BCUT2D eigenvalue weighted by atomic mass is 9.97. The zero-order valence-electron chi connectivity index (χ0n) is 15.4. The Morgan fingerprint density at radius 2 is 2.00 bits per heavy atom. The van der Waals surface area contributed by atoms with Gasteiger partial charge in [-0.05, 0) is 55.8 Å². The zero-order chi connectivity index (χ0) is 18.8. The number of anilines is 1. The Morgan fingerprint density at radius 1 is 1.22 bits per heavy atom. The van der Waals surface area contributed by atoms with Gasteiger partial charge in [0.25, 0.3) is 0 Å². The Morgan fingerprint density at radius 3 is 2.78 bits per heavy atom. The predicted octanol–water partition coefficient (Wildman–Crippen LogP) is 4.19. The summed E-state index contributed by atoms with van der Waals surface area (Å²) in [5.41, 5.74) is 3.02. The summed E-state index contributed by atoms with van der Waals surface area (Å²) in [7, 11) is 2.06. The molecule has 1 fully saturated rings. The van der Waals surface area contributed by atoms with Gasteiger partial charge in [0.1, 0.15) is 5.82 Å². The van der Waals surface area contributed by atoms with Crippen LogP contribution in [0.15, 0.2) is 53.0 Å². The lowest BCUT2D eigenvalue weighted by molar-refractivity contribution is -0.121. The lowest BCUT2D eigenvalue weighted by Crippen LogP contribution is -2.40. The Balaban J connectivity index is 1.42. The summed E-state index contributed by atoms with van der Waals surface area (Å²) < 4.78 is 3.16. The highest BCUT2D eigenvalue weighted by molar-refractivity contribution is 9.10. The minimum absolute atomic E-state index is 0.0112. The van der Waals surface area contributed by atoms with Crippen LogP contribution < -0.4 is 5.32 Å². The van der Waals surface area contributed by atoms with E-state index in [-0.39, 0.29) is 11.8 Å². The highest BCUT2D eigenvalue weighted by Crippen LogP contribution is 2.22. The first-order chi connectivity index (χ1) is 13.1. The minimum atomic E-state index is 0.0112. The standard InChI is InChI=1S/C21H23BrN4O/c1-25-19-7-3-2-6-18(19)24-20(25)14-26-12-4-5-15(13-26)21(27)23-17-10-8-16(22)9-11-17/h2-3,6-11,15H,4-5,12-14H2,1H3,(H,23,27)/t15-/m0/s1. The van der Waals surface area contributed by atoms with Crippen LogP contribution in [0.1, 0.15) is 18.7 Å². The molecule has 0 bridgehead atoms. The monoisotopic (exact) mass is 426 g/mol. The molecule has 1 atom stereocenters. The van der Waals surface area contributed by atoms with Gasteiger partial charge >= 0.3 is 0 Å². The molecule has 1 aliphatic heterocycles. The molecule has 3 aromatic rings. The average molecular weight is 427 g/mol. The summed E-state index contributed by atoms with van der Waals surface area (Å²) in [6.45, 7) is 2.55. The van der Waals surface area contributed by atoms with Crippen molar-refractivity contribution in [2.24, 2.45) is 13.0 Å². The molecule has 0 saturated carbocycles. The molecule has 1 amide bonds. The van der Waals surface area contributed by atoms with Crippen molar-refractivity contribution in [1.82, 2.24) is 14.5 Å². The number of carbonyl (C=O) groups excluding carboxylic acids is 1. The molecule has 1 saturated heterocycles. The molecule has 0 unspecified atom stereocenters. The number of likely N-dealkylation sites (tertiary alicyclic amines) is 1. The molecule has 0 radical (unpaired) electrons. The quantitative estimate of drug-likeness (QED) is 0.680. The van der Waals surface area contributed by atoms with Crippen LogP contribution >= 0.6 is 15.9 Å². The maximum Gasteiger partial charge on any atom is 0.228 e. The molecule has 1 aromatic heterocycles. The molecule has 0 aliphatic carbocycles. The van der Waals surface area contributed by atoms with Crippen molar-refractivity contribution in [2.75, 3.05) is 18.4 Å². The van der Waals surface area contributed by atoms with E-state index < -0.39 is 0 Å². The number of benzene rings is 2. The molecule has 2 heterocycles. The van der Waals surface area contributed by atoms with E-state index in [1.807, 2.05) is 42.5 Å². The van der Waals surface area contributed by atoms with Crippen LogP contribution in [0, 0.1) is 5.92 Å². The number of para-hydroxylation sites is 2. The number of aromatic nitrogens is 2. The molecule has 1 aliphatic rings. The fourth-order valence-electron chi connectivity index (χ4n) is 3.73. The summed E-state index contributed by atoms with van der Waals surface area (Å²) in [5.74, 6) is 1.16. The van der Waals surface area contributed by atoms with Crippen molar-refractivity contribution in [1.29, 1.82) is 0 Å². The zero-order valence-corrected chi connectivity index (χ0v) is 16.9. The lowest BCUT2D eigenvalue weighted by Gasteiger charge is -2.31. The van der Waals surface area contributed by atoms with Crippen LogP contribution in [-0.2, 0) is 18.4 Å². The van der Waals surface area contributed by atoms with Crippen LogP contribution in [0.3, 0.4) is 0 Å². The third-order valence-electron chi connectivity index (χ3n) is 5.23. The van der Waals surface area contributed by atoms with Crippen LogP contribution in [0.2, 0.25) is 0 Å². The number of hydrogen-bond donors (Lipinski definition) is 1. The second-order valence-corrected chi connectivity index (χ2v) is 8.06. The van der Waals surface area contributed by atoms with Crippen molar-refractivity contribution < 1.29 is 4.79 Å². The Bertz CT molecular complexity index is 950. The maximum atomic E-state index is 12.7.